The van der Waals surface area contributed by atoms with E-state index in [4.69, 9.17) is 5.26 Å². The van der Waals surface area contributed by atoms with Gasteiger partial charge >= 0.3 is 0 Å². The lowest BCUT2D eigenvalue weighted by molar-refractivity contribution is 0.519. The van der Waals surface area contributed by atoms with Gasteiger partial charge in [-0.3, -0.25) is 5.32 Å². The lowest BCUT2D eigenvalue weighted by Gasteiger charge is -2.13. The summed E-state index contributed by atoms with van der Waals surface area (Å²) < 4.78 is 0. The lowest BCUT2D eigenvalue weighted by Crippen LogP contribution is -2.22. The average molecular weight is 216 g/mol. The van der Waals surface area contributed by atoms with Crippen LogP contribution in [0.4, 0.5) is 0 Å². The molecular weight excluding hydrogens is 196 g/mol. The molecular formula is C14H20N2. The van der Waals surface area contributed by atoms with Crippen molar-refractivity contribution in [3.05, 3.63) is 35.4 Å². The van der Waals surface area contributed by atoms with E-state index in [2.05, 4.69) is 31.3 Å². The summed E-state index contributed by atoms with van der Waals surface area (Å²) in [7, 11) is 0. The highest BCUT2D eigenvalue weighted by Crippen LogP contribution is 2.13. The van der Waals surface area contributed by atoms with Crippen molar-refractivity contribution in [2.75, 3.05) is 6.54 Å². The first-order valence-corrected chi connectivity index (χ1v) is 5.83. The van der Waals surface area contributed by atoms with Crippen LogP contribution >= 0.6 is 0 Å². The van der Waals surface area contributed by atoms with Gasteiger partial charge in [0.1, 0.15) is 6.04 Å². The molecule has 0 saturated heterocycles. The predicted molar refractivity (Wildman–Crippen MR) is 67.0 cm³/mol. The number of rotatable bonds is 5. The van der Waals surface area contributed by atoms with Crippen LogP contribution in [0.15, 0.2) is 24.3 Å². The second-order valence-electron chi connectivity index (χ2n) is 4.61. The van der Waals surface area contributed by atoms with Gasteiger partial charge in [-0.2, -0.15) is 5.26 Å². The number of hydrogen-bond acceptors (Lipinski definition) is 2. The molecule has 0 aromatic heterocycles. The fourth-order valence-corrected chi connectivity index (χ4v) is 1.60. The zero-order chi connectivity index (χ0) is 12.0. The van der Waals surface area contributed by atoms with Gasteiger partial charge in [0.2, 0.25) is 0 Å². The molecule has 0 fully saturated rings. The van der Waals surface area contributed by atoms with E-state index < -0.39 is 0 Å². The number of nitrogens with one attached hydrogen (secondary N) is 1. The van der Waals surface area contributed by atoms with Gasteiger partial charge in [0.15, 0.2) is 0 Å². The van der Waals surface area contributed by atoms with Gasteiger partial charge < -0.3 is 0 Å². The van der Waals surface area contributed by atoms with Gasteiger partial charge in [0.25, 0.3) is 0 Å². The Hall–Kier alpha value is -1.33. The fraction of sp³-hybridized carbons (Fsp3) is 0.500. The van der Waals surface area contributed by atoms with Crippen LogP contribution in [0.25, 0.3) is 0 Å². The van der Waals surface area contributed by atoms with Crippen LogP contribution in [0, 0.1) is 24.2 Å². The first kappa shape index (κ1) is 12.7. The number of nitriles is 1. The molecule has 16 heavy (non-hydrogen) atoms. The van der Waals surface area contributed by atoms with Crippen LogP contribution in [0.1, 0.15) is 37.4 Å². The Morgan fingerprint density at radius 3 is 2.69 bits per heavy atom. The second-order valence-corrected chi connectivity index (χ2v) is 4.61. The molecule has 1 N–H and O–H groups in total. The Bertz CT molecular complexity index is 363. The topological polar surface area (TPSA) is 35.8 Å². The maximum atomic E-state index is 9.12. The van der Waals surface area contributed by atoms with Crippen molar-refractivity contribution in [1.82, 2.24) is 5.32 Å². The minimum Gasteiger partial charge on any atom is -0.298 e. The first-order chi connectivity index (χ1) is 7.63. The number of nitrogens with zero attached hydrogens (tertiary/aromatic N) is 1. The predicted octanol–water partition coefficient (Wildman–Crippen LogP) is 3.20. The number of benzene rings is 1. The molecule has 0 aliphatic carbocycles. The van der Waals surface area contributed by atoms with Crippen molar-refractivity contribution in [1.29, 1.82) is 5.26 Å². The maximum absolute atomic E-state index is 9.12. The summed E-state index contributed by atoms with van der Waals surface area (Å²) in [5.74, 6) is 0.671. The minimum atomic E-state index is -0.182. The van der Waals surface area contributed by atoms with Crippen LogP contribution in [-0.4, -0.2) is 6.54 Å². The molecule has 86 valence electrons. The quantitative estimate of drug-likeness (QED) is 0.820. The molecule has 0 radical (unpaired) electrons. The molecule has 1 aromatic carbocycles. The summed E-state index contributed by atoms with van der Waals surface area (Å²) in [5.41, 5.74) is 2.26. The molecule has 0 heterocycles. The van der Waals surface area contributed by atoms with E-state index in [0.29, 0.717) is 5.92 Å². The van der Waals surface area contributed by atoms with Crippen LogP contribution in [-0.2, 0) is 0 Å². The third kappa shape index (κ3) is 4.04. The first-order valence-electron chi connectivity index (χ1n) is 5.83. The average Bonchev–Trinajstić information content (AvgIpc) is 2.24. The summed E-state index contributed by atoms with van der Waals surface area (Å²) in [5, 5.41) is 12.4. The summed E-state index contributed by atoms with van der Waals surface area (Å²) in [4.78, 5) is 0. The Morgan fingerprint density at radius 1 is 1.38 bits per heavy atom. The molecule has 1 aromatic rings. The molecule has 0 aliphatic rings. The monoisotopic (exact) mass is 216 g/mol. The Labute approximate surface area is 98.3 Å². The van der Waals surface area contributed by atoms with Gasteiger partial charge in [-0.25, -0.2) is 0 Å². The highest BCUT2D eigenvalue weighted by atomic mass is 14.9. The maximum Gasteiger partial charge on any atom is 0.121 e. The Kier molecular flexibility index (Phi) is 5.01. The van der Waals surface area contributed by atoms with E-state index in [1.807, 2.05) is 25.1 Å². The van der Waals surface area contributed by atoms with E-state index in [-0.39, 0.29) is 6.04 Å². The van der Waals surface area contributed by atoms with Crippen LogP contribution in [0.2, 0.25) is 0 Å². The van der Waals surface area contributed by atoms with Gasteiger partial charge in [0.05, 0.1) is 6.07 Å². The van der Waals surface area contributed by atoms with Crippen molar-refractivity contribution in [3.63, 3.8) is 0 Å². The number of aryl methyl sites for hydroxylation is 1. The second kappa shape index (κ2) is 6.30. The summed E-state index contributed by atoms with van der Waals surface area (Å²) in [6.07, 6.45) is 1.10. The molecule has 0 amide bonds. The minimum absolute atomic E-state index is 0.182. The standard InChI is InChI=1S/C14H20N2/c1-11(2)7-8-16-14(10-15)13-6-4-5-12(3)9-13/h4-6,9,11,14,16H,7-8H2,1-3H3. The zero-order valence-corrected chi connectivity index (χ0v) is 10.3. The SMILES string of the molecule is Cc1cccc(C(C#N)NCCC(C)C)c1. The van der Waals surface area contributed by atoms with Gasteiger partial charge in [0, 0.05) is 0 Å². The van der Waals surface area contributed by atoms with Gasteiger partial charge in [-0.15, -0.1) is 0 Å². The van der Waals surface area contributed by atoms with Crippen LogP contribution < -0.4 is 5.32 Å². The molecule has 1 rings (SSSR count). The summed E-state index contributed by atoms with van der Waals surface area (Å²) >= 11 is 0. The molecule has 1 unspecified atom stereocenters. The molecule has 2 heteroatoms. The van der Waals surface area contributed by atoms with Crippen LogP contribution in [0.3, 0.4) is 0 Å². The van der Waals surface area contributed by atoms with Crippen molar-refractivity contribution in [2.45, 2.75) is 33.2 Å². The molecule has 0 aliphatic heterocycles. The van der Waals surface area contributed by atoms with E-state index in [9.17, 15) is 0 Å². The molecule has 2 nitrogen and oxygen atoms in total. The summed E-state index contributed by atoms with van der Waals surface area (Å²) in [6.45, 7) is 7.32. The smallest absolute Gasteiger partial charge is 0.121 e. The lowest BCUT2D eigenvalue weighted by atomic mass is 10.0. The third-order valence-electron chi connectivity index (χ3n) is 2.57. The van der Waals surface area contributed by atoms with E-state index in [1.54, 1.807) is 0 Å². The Balaban J connectivity index is 2.58. The fourth-order valence-electron chi connectivity index (χ4n) is 1.60. The molecule has 0 saturated carbocycles. The van der Waals surface area contributed by atoms with Crippen molar-refractivity contribution >= 4 is 0 Å². The third-order valence-corrected chi connectivity index (χ3v) is 2.57. The zero-order valence-electron chi connectivity index (χ0n) is 10.3. The van der Waals surface area contributed by atoms with Crippen molar-refractivity contribution < 1.29 is 0 Å². The van der Waals surface area contributed by atoms with Crippen molar-refractivity contribution in [3.8, 4) is 6.07 Å². The van der Waals surface area contributed by atoms with E-state index >= 15 is 0 Å². The molecule has 0 spiro atoms. The van der Waals surface area contributed by atoms with E-state index in [0.717, 1.165) is 18.5 Å². The summed E-state index contributed by atoms with van der Waals surface area (Å²) in [6, 6.07) is 10.2. The Morgan fingerprint density at radius 2 is 2.12 bits per heavy atom. The normalized spacial score (nSPS) is 12.4. The van der Waals surface area contributed by atoms with Crippen molar-refractivity contribution in [2.24, 2.45) is 5.92 Å². The largest absolute Gasteiger partial charge is 0.298 e. The van der Waals surface area contributed by atoms with Gasteiger partial charge in [-0.05, 0) is 31.4 Å². The van der Waals surface area contributed by atoms with Crippen LogP contribution in [0.5, 0.6) is 0 Å². The highest BCUT2D eigenvalue weighted by molar-refractivity contribution is 5.28. The molecule has 0 bridgehead atoms. The number of hydrogen-bond donors (Lipinski definition) is 1. The van der Waals surface area contributed by atoms with E-state index in [1.165, 1.54) is 5.56 Å². The van der Waals surface area contributed by atoms with Gasteiger partial charge in [-0.1, -0.05) is 43.7 Å². The highest BCUT2D eigenvalue weighted by Gasteiger charge is 2.09. The molecule has 1 atom stereocenters.